The Balaban J connectivity index is 3.63. The van der Waals surface area contributed by atoms with Gasteiger partial charge in [0.25, 0.3) is 0 Å². The summed E-state index contributed by atoms with van der Waals surface area (Å²) in [5, 5.41) is 0. The van der Waals surface area contributed by atoms with Gasteiger partial charge in [-0.15, -0.1) is 6.58 Å². The predicted molar refractivity (Wildman–Crippen MR) is 57.2 cm³/mol. The summed E-state index contributed by atoms with van der Waals surface area (Å²) in [7, 11) is 0. The van der Waals surface area contributed by atoms with Crippen LogP contribution >= 0.6 is 0 Å². The topological polar surface area (TPSA) is 0 Å². The fourth-order valence-electron chi connectivity index (χ4n) is 0.975. The molecule has 0 atom stereocenters. The molecule has 68 valence electrons. The summed E-state index contributed by atoms with van der Waals surface area (Å²) in [6.07, 6.45) is 9.81. The maximum atomic E-state index is 3.68. The first-order chi connectivity index (χ1) is 5.66. The molecule has 0 aromatic carbocycles. The van der Waals surface area contributed by atoms with Crippen LogP contribution in [0.4, 0.5) is 0 Å². The molecule has 0 amide bonds. The van der Waals surface area contributed by atoms with Gasteiger partial charge in [-0.2, -0.15) is 0 Å². The van der Waals surface area contributed by atoms with Crippen LogP contribution in [0.3, 0.4) is 0 Å². The molecular weight excluding hydrogens is 144 g/mol. The lowest BCUT2D eigenvalue weighted by molar-refractivity contribution is 0.958. The van der Waals surface area contributed by atoms with Crippen molar-refractivity contribution in [2.24, 2.45) is 0 Å². The van der Waals surface area contributed by atoms with Gasteiger partial charge in [0, 0.05) is 0 Å². The Morgan fingerprint density at radius 1 is 1.17 bits per heavy atom. The molecule has 0 aromatic rings. The van der Waals surface area contributed by atoms with Gasteiger partial charge in [-0.05, 0) is 40.0 Å². The first-order valence-electron chi connectivity index (χ1n) is 4.56. The molecule has 0 N–H and O–H groups in total. The zero-order chi connectivity index (χ0) is 9.40. The third-order valence-corrected chi connectivity index (χ3v) is 1.72. The zero-order valence-corrected chi connectivity index (χ0v) is 8.56. The van der Waals surface area contributed by atoms with Crippen molar-refractivity contribution in [1.82, 2.24) is 0 Å². The lowest BCUT2D eigenvalue weighted by Crippen LogP contribution is -1.76. The lowest BCUT2D eigenvalue weighted by Gasteiger charge is -1.97. The highest BCUT2D eigenvalue weighted by Gasteiger charge is 1.86. The van der Waals surface area contributed by atoms with Crippen LogP contribution in [-0.2, 0) is 0 Å². The number of hydrogen-bond donors (Lipinski definition) is 0. The monoisotopic (exact) mass is 164 g/mol. The van der Waals surface area contributed by atoms with Crippen LogP contribution in [0.2, 0.25) is 0 Å². The van der Waals surface area contributed by atoms with E-state index in [0.717, 1.165) is 6.42 Å². The number of allylic oxidation sites excluding steroid dienone is 5. The highest BCUT2D eigenvalue weighted by molar-refractivity contribution is 5.03. The Labute approximate surface area is 76.7 Å². The Morgan fingerprint density at radius 2 is 1.83 bits per heavy atom. The minimum atomic E-state index is 1.00. The molecule has 0 nitrogen and oxygen atoms in total. The maximum Gasteiger partial charge on any atom is -0.0169 e. The summed E-state index contributed by atoms with van der Waals surface area (Å²) < 4.78 is 0. The highest BCUT2D eigenvalue weighted by Crippen LogP contribution is 2.07. The molecule has 0 aromatic heterocycles. The van der Waals surface area contributed by atoms with Gasteiger partial charge >= 0.3 is 0 Å². The molecule has 0 aliphatic carbocycles. The Hall–Kier alpha value is -0.780. The van der Waals surface area contributed by atoms with E-state index in [1.54, 1.807) is 0 Å². The minimum absolute atomic E-state index is 1.00. The maximum absolute atomic E-state index is 3.68. The van der Waals surface area contributed by atoms with Crippen molar-refractivity contribution >= 4 is 0 Å². The molecular formula is C12H20. The Kier molecular flexibility index (Phi) is 6.45. The smallest absolute Gasteiger partial charge is 0.0169 e. The van der Waals surface area contributed by atoms with Crippen molar-refractivity contribution in [2.45, 2.75) is 40.0 Å². The van der Waals surface area contributed by atoms with Crippen molar-refractivity contribution in [3.8, 4) is 0 Å². The van der Waals surface area contributed by atoms with Gasteiger partial charge in [-0.1, -0.05) is 29.4 Å². The molecule has 0 bridgehead atoms. The molecule has 0 spiro atoms. The van der Waals surface area contributed by atoms with Crippen LogP contribution in [0.5, 0.6) is 0 Å². The van der Waals surface area contributed by atoms with E-state index in [0.29, 0.717) is 0 Å². The molecule has 0 aliphatic heterocycles. The summed E-state index contributed by atoms with van der Waals surface area (Å²) in [5.74, 6) is 0. The van der Waals surface area contributed by atoms with E-state index < -0.39 is 0 Å². The summed E-state index contributed by atoms with van der Waals surface area (Å²) in [5.41, 5.74) is 2.87. The van der Waals surface area contributed by atoms with Gasteiger partial charge in [0.1, 0.15) is 0 Å². The van der Waals surface area contributed by atoms with E-state index in [1.165, 1.54) is 24.0 Å². The third-order valence-electron chi connectivity index (χ3n) is 1.72. The molecule has 0 heteroatoms. The van der Waals surface area contributed by atoms with E-state index >= 15 is 0 Å². The summed E-state index contributed by atoms with van der Waals surface area (Å²) in [6.45, 7) is 10.2. The molecule has 0 saturated heterocycles. The molecule has 0 heterocycles. The van der Waals surface area contributed by atoms with E-state index in [2.05, 4.69) is 39.5 Å². The molecule has 0 aliphatic rings. The van der Waals surface area contributed by atoms with Gasteiger partial charge in [-0.25, -0.2) is 0 Å². The van der Waals surface area contributed by atoms with Gasteiger partial charge in [-0.3, -0.25) is 0 Å². The minimum Gasteiger partial charge on any atom is -0.103 e. The Bertz CT molecular complexity index is 178. The fraction of sp³-hybridized carbons (Fsp3) is 0.500. The molecule has 0 saturated carbocycles. The van der Waals surface area contributed by atoms with Crippen molar-refractivity contribution in [1.29, 1.82) is 0 Å². The third kappa shape index (κ3) is 7.33. The highest BCUT2D eigenvalue weighted by atomic mass is 13.9. The van der Waals surface area contributed by atoms with Crippen LogP contribution in [0.25, 0.3) is 0 Å². The quantitative estimate of drug-likeness (QED) is 0.533. The SMILES string of the molecule is C=CC/C=C(/C)CCC=C(C)C. The van der Waals surface area contributed by atoms with E-state index in [-0.39, 0.29) is 0 Å². The van der Waals surface area contributed by atoms with Gasteiger partial charge in [0.2, 0.25) is 0 Å². The summed E-state index contributed by atoms with van der Waals surface area (Å²) in [6, 6.07) is 0. The van der Waals surface area contributed by atoms with E-state index in [9.17, 15) is 0 Å². The summed E-state index contributed by atoms with van der Waals surface area (Å²) in [4.78, 5) is 0. The largest absolute Gasteiger partial charge is 0.103 e. The van der Waals surface area contributed by atoms with Crippen molar-refractivity contribution < 1.29 is 0 Å². The molecule has 0 rings (SSSR count). The van der Waals surface area contributed by atoms with Crippen molar-refractivity contribution in [3.63, 3.8) is 0 Å². The van der Waals surface area contributed by atoms with Gasteiger partial charge in [0.05, 0.1) is 0 Å². The fourth-order valence-corrected chi connectivity index (χ4v) is 0.975. The van der Waals surface area contributed by atoms with E-state index in [4.69, 9.17) is 0 Å². The van der Waals surface area contributed by atoms with Crippen molar-refractivity contribution in [3.05, 3.63) is 36.0 Å². The second-order valence-electron chi connectivity index (χ2n) is 3.40. The van der Waals surface area contributed by atoms with Crippen LogP contribution in [0.15, 0.2) is 36.0 Å². The summed E-state index contributed by atoms with van der Waals surface area (Å²) >= 11 is 0. The molecule has 0 fully saturated rings. The van der Waals surface area contributed by atoms with Crippen LogP contribution in [0, 0.1) is 0 Å². The van der Waals surface area contributed by atoms with Crippen molar-refractivity contribution in [2.75, 3.05) is 0 Å². The van der Waals surface area contributed by atoms with Crippen LogP contribution < -0.4 is 0 Å². The van der Waals surface area contributed by atoms with Crippen LogP contribution in [0.1, 0.15) is 40.0 Å². The lowest BCUT2D eigenvalue weighted by atomic mass is 10.1. The number of hydrogen-bond acceptors (Lipinski definition) is 0. The second-order valence-corrected chi connectivity index (χ2v) is 3.40. The van der Waals surface area contributed by atoms with Gasteiger partial charge < -0.3 is 0 Å². The zero-order valence-electron chi connectivity index (χ0n) is 8.56. The standard InChI is InChI=1S/C12H20/c1-5-6-9-12(4)10-7-8-11(2)3/h5,8-9H,1,6-7,10H2,2-4H3/b12-9-. The number of rotatable bonds is 5. The predicted octanol–water partition coefficient (Wildman–Crippen LogP) is 4.26. The van der Waals surface area contributed by atoms with Gasteiger partial charge in [0.15, 0.2) is 0 Å². The first kappa shape index (κ1) is 11.2. The van der Waals surface area contributed by atoms with E-state index in [1.807, 2.05) is 6.08 Å². The Morgan fingerprint density at radius 3 is 2.33 bits per heavy atom. The molecule has 0 radical (unpaired) electrons. The van der Waals surface area contributed by atoms with Crippen LogP contribution in [-0.4, -0.2) is 0 Å². The average molecular weight is 164 g/mol. The molecule has 0 unspecified atom stereocenters. The first-order valence-corrected chi connectivity index (χ1v) is 4.56. The normalized spacial score (nSPS) is 11.1. The molecule has 12 heavy (non-hydrogen) atoms. The average Bonchev–Trinajstić information content (AvgIpc) is 2.00. The second kappa shape index (κ2) is 6.90.